The first-order valence-corrected chi connectivity index (χ1v) is 28.2. The second kappa shape index (κ2) is 34.6. The second-order valence-corrected chi connectivity index (χ2v) is 24.5. The fourth-order valence-corrected chi connectivity index (χ4v) is 11.9. The topological polar surface area (TPSA) is 17.1 Å². The summed E-state index contributed by atoms with van der Waals surface area (Å²) in [4.78, 5) is 11.5. The first kappa shape index (κ1) is 60.3. The fourth-order valence-electron chi connectivity index (χ4n) is 6.33. The molecule has 6 aromatic rings. The quantitative estimate of drug-likeness (QED) is 0.0440. The number of Topliss-reactive ketones (excluding diaryl/α,β-unsaturated/α-hetero) is 1. The monoisotopic (exact) mass is 1130 g/mol. The Bertz CT molecular complexity index is 2050. The van der Waals surface area contributed by atoms with Gasteiger partial charge in [-0.2, -0.15) is 0 Å². The van der Waals surface area contributed by atoms with Gasteiger partial charge in [-0.25, -0.2) is 0 Å². The maximum absolute atomic E-state index is 11.5. The van der Waals surface area contributed by atoms with Gasteiger partial charge < -0.3 is 14.9 Å². The van der Waals surface area contributed by atoms with Crippen LogP contribution in [-0.2, 0) is 34.4 Å². The van der Waals surface area contributed by atoms with Crippen LogP contribution in [0, 0.1) is 49.9 Å². The van der Waals surface area contributed by atoms with Gasteiger partial charge in [0.25, 0.3) is 0 Å². The summed E-state index contributed by atoms with van der Waals surface area (Å²) in [6.07, 6.45) is 12.8. The summed E-state index contributed by atoms with van der Waals surface area (Å²) >= 11 is -0.0396. The van der Waals surface area contributed by atoms with E-state index in [4.69, 9.17) is 0 Å². The summed E-state index contributed by atoms with van der Waals surface area (Å²) in [5, 5.41) is 0. The number of hydrogen-bond acceptors (Lipinski definition) is 1. The summed E-state index contributed by atoms with van der Waals surface area (Å²) in [5.74, 6) is 2.20. The normalized spacial score (nSPS) is 11.1. The Morgan fingerprint density at radius 3 is 1.59 bits per heavy atom. The number of carbonyl (C=O) groups is 1. The van der Waals surface area contributed by atoms with E-state index in [1.165, 1.54) is 79.8 Å². The Kier molecular flexibility index (Phi) is 33.2. The Balaban J connectivity index is 0.000000789. The van der Waals surface area contributed by atoms with E-state index in [2.05, 4.69) is 183 Å². The molecule has 7 rings (SSSR count). The molecule has 0 spiro atoms. The van der Waals surface area contributed by atoms with Crippen molar-refractivity contribution in [3.8, 4) is 0 Å². The van der Waals surface area contributed by atoms with Crippen LogP contribution in [0.3, 0.4) is 0 Å². The number of ketones is 1. The molecule has 0 bridgehead atoms. The van der Waals surface area contributed by atoms with Crippen LogP contribution in [0.2, 0.25) is 0 Å². The van der Waals surface area contributed by atoms with Crippen molar-refractivity contribution in [3.63, 3.8) is 0 Å². The van der Waals surface area contributed by atoms with Crippen molar-refractivity contribution in [3.05, 3.63) is 220 Å². The minimum atomic E-state index is -0.0335. The van der Waals surface area contributed by atoms with Crippen molar-refractivity contribution in [1.29, 1.82) is 0 Å². The third-order valence-electron chi connectivity index (χ3n) is 9.83. The zero-order valence-electron chi connectivity index (χ0n) is 40.5. The predicted octanol–water partition coefficient (Wildman–Crippen LogP) is 9.65. The summed E-state index contributed by atoms with van der Waals surface area (Å²) in [7, 11) is 0.204. The molecule has 1 aliphatic rings. The molecular formula is C58H77FeI2OS+2. The molecule has 6 aromatic carbocycles. The molecule has 0 amide bonds. The minimum absolute atomic E-state index is 0. The van der Waals surface area contributed by atoms with E-state index < -0.39 is 0 Å². The van der Waals surface area contributed by atoms with Gasteiger partial charge in [0.05, 0.1) is 12.5 Å². The number of benzene rings is 6. The van der Waals surface area contributed by atoms with E-state index in [9.17, 15) is 4.79 Å². The smallest absolute Gasteiger partial charge is 0.358 e. The Hall–Kier alpha value is -2.68. The van der Waals surface area contributed by atoms with Gasteiger partial charge in [-0.3, -0.25) is 4.79 Å². The van der Waals surface area contributed by atoms with Crippen LogP contribution >= 0.6 is 0 Å². The molecule has 1 aliphatic carbocycles. The number of aryl methyl sites for hydroxylation is 4. The molecule has 0 aliphatic heterocycles. The molecule has 0 atom stereocenters. The van der Waals surface area contributed by atoms with E-state index in [-0.39, 0.29) is 91.0 Å². The van der Waals surface area contributed by atoms with Crippen LogP contribution in [-0.4, -0.2) is 24.0 Å². The number of carbonyl (C=O) groups excluding carboxylic acids is 1. The van der Waals surface area contributed by atoms with Gasteiger partial charge in [-0.1, -0.05) is 138 Å². The molecule has 341 valence electrons. The summed E-state index contributed by atoms with van der Waals surface area (Å²) in [6.45, 7) is 17.7. The molecular weight excluding hydrogens is 1050 g/mol. The third kappa shape index (κ3) is 25.6. The number of hydrogen-bond donors (Lipinski definition) is 0. The summed E-state index contributed by atoms with van der Waals surface area (Å²) in [6, 6.07) is 53.9. The van der Waals surface area contributed by atoms with Gasteiger partial charge in [0.15, 0.2) is 12.9 Å². The van der Waals surface area contributed by atoms with E-state index in [1.54, 1.807) is 0 Å². The van der Waals surface area contributed by atoms with Gasteiger partial charge >= 0.3 is 159 Å². The van der Waals surface area contributed by atoms with Crippen molar-refractivity contribution in [2.45, 2.75) is 106 Å². The molecule has 0 unspecified atom stereocenters. The van der Waals surface area contributed by atoms with Gasteiger partial charge in [0.1, 0.15) is 0 Å². The van der Waals surface area contributed by atoms with Crippen LogP contribution in [0.5, 0.6) is 0 Å². The van der Waals surface area contributed by atoms with E-state index >= 15 is 0 Å². The molecule has 1 fully saturated rings. The predicted molar refractivity (Wildman–Crippen MR) is 270 cm³/mol. The zero-order chi connectivity index (χ0) is 43.7. The molecule has 63 heavy (non-hydrogen) atoms. The van der Waals surface area contributed by atoms with Gasteiger partial charge in [-0.15, -0.1) is 0 Å². The first-order valence-electron chi connectivity index (χ1n) is 21.6. The fraction of sp³-hybridized carbons (Fsp3) is 0.328. The SMILES string of the molecule is C1CCCC1.CC(C)c1ccccc1.CCc1ccc([I+]c2cccc(C)c2)cc1.C[S+](C)CC(=O)c1ccccc1.Cc1ccc([I-]c2ccc(C(C)C)c(C)c2)cc1.[CH3-].[CH3-].[Fe+3]. The van der Waals surface area contributed by atoms with Crippen LogP contribution < -0.4 is 42.4 Å². The van der Waals surface area contributed by atoms with Crippen molar-refractivity contribution in [2.75, 3.05) is 18.3 Å². The molecule has 1 nitrogen and oxygen atoms in total. The van der Waals surface area contributed by atoms with Crippen LogP contribution in [0.1, 0.15) is 122 Å². The zero-order valence-corrected chi connectivity index (χ0v) is 46.7. The van der Waals surface area contributed by atoms with Gasteiger partial charge in [0, 0.05) is 5.56 Å². The average Bonchev–Trinajstić information content (AvgIpc) is 3.84. The van der Waals surface area contributed by atoms with Crippen LogP contribution in [0.25, 0.3) is 0 Å². The standard InChI is InChI=1S/C17H20I.C15H16I.C10H13OS.C9H12.C5H10.2CH3.Fe/c1-12(2)17-10-9-16(11-14(17)4)18-15-7-5-13(3)6-8-15;1-3-13-7-9-14(10-8-13)16-15-6-4-5-12(2)11-15;1-12(2)8-10(11)9-6-4-3-5-7-9;1-8(2)9-6-4-3-5-7-9;1-2-4-5-3-1;;;/h5-12H,1-4H3;4-11H,3H2,1-2H3;3-7H,8H2,1-2H3;3-8H,1-2H3;1-5H2;2*1H3;/q-1;2*+1;;;2*-1;+3. The number of rotatable bonds is 10. The molecule has 0 heterocycles. The van der Waals surface area contributed by atoms with Crippen molar-refractivity contribution < 1.29 is 64.3 Å². The van der Waals surface area contributed by atoms with Crippen molar-refractivity contribution >= 4 is 16.7 Å². The molecule has 0 saturated heterocycles. The van der Waals surface area contributed by atoms with E-state index in [0.717, 1.165) is 12.0 Å². The maximum atomic E-state index is 11.5. The van der Waals surface area contributed by atoms with E-state index in [0.29, 0.717) is 17.6 Å². The molecule has 0 aromatic heterocycles. The molecule has 1 radical (unpaired) electrons. The Labute approximate surface area is 420 Å². The second-order valence-electron chi connectivity index (χ2n) is 16.2. The summed E-state index contributed by atoms with van der Waals surface area (Å²) < 4.78 is 6.01. The van der Waals surface area contributed by atoms with Crippen molar-refractivity contribution in [1.82, 2.24) is 0 Å². The average molecular weight is 1130 g/mol. The van der Waals surface area contributed by atoms with Gasteiger partial charge in [-0.05, 0) is 71.1 Å². The first-order chi connectivity index (χ1) is 28.8. The Morgan fingerprint density at radius 1 is 0.587 bits per heavy atom. The molecule has 5 heteroatoms. The maximum Gasteiger partial charge on any atom is 3.00 e. The Morgan fingerprint density at radius 2 is 1.13 bits per heavy atom. The third-order valence-corrected chi connectivity index (χ3v) is 15.9. The summed E-state index contributed by atoms with van der Waals surface area (Å²) in [5.41, 5.74) is 9.30. The van der Waals surface area contributed by atoms with Gasteiger partial charge in [0.2, 0.25) is 5.78 Å². The van der Waals surface area contributed by atoms with Crippen LogP contribution in [0.4, 0.5) is 0 Å². The molecule has 1 saturated carbocycles. The molecule has 0 N–H and O–H groups in total. The van der Waals surface area contributed by atoms with Crippen molar-refractivity contribution in [2.24, 2.45) is 0 Å². The van der Waals surface area contributed by atoms with E-state index in [1.807, 2.05) is 36.4 Å². The minimum Gasteiger partial charge on any atom is -0.358 e. The van der Waals surface area contributed by atoms with Crippen LogP contribution in [0.15, 0.2) is 152 Å². The largest absolute Gasteiger partial charge is 3.00 e. The number of halogens is 2.